The van der Waals surface area contributed by atoms with E-state index in [4.69, 9.17) is 16.3 Å². The number of halogens is 1. The standard InChI is InChI=1S/C12H21ClO2/c1-8-5-6-9(13)7-10(8)11(14)15-12(2,3)4/h8-10H,5-7H2,1-4H3. The van der Waals surface area contributed by atoms with Crippen LogP contribution >= 0.6 is 11.6 Å². The molecule has 3 heteroatoms. The third-order valence-corrected chi connectivity index (χ3v) is 3.24. The van der Waals surface area contributed by atoms with Gasteiger partial charge in [-0.25, -0.2) is 0 Å². The van der Waals surface area contributed by atoms with Gasteiger partial charge in [0.25, 0.3) is 0 Å². The summed E-state index contributed by atoms with van der Waals surface area (Å²) in [7, 11) is 0. The highest BCUT2D eigenvalue weighted by Gasteiger charge is 2.34. The number of hydrogen-bond donors (Lipinski definition) is 0. The molecule has 0 spiro atoms. The second kappa shape index (κ2) is 4.73. The predicted octanol–water partition coefficient (Wildman–Crippen LogP) is 3.37. The van der Waals surface area contributed by atoms with E-state index >= 15 is 0 Å². The van der Waals surface area contributed by atoms with Gasteiger partial charge in [0, 0.05) is 5.38 Å². The fraction of sp³-hybridized carbons (Fsp3) is 0.917. The third kappa shape index (κ3) is 4.02. The van der Waals surface area contributed by atoms with Gasteiger partial charge in [-0.1, -0.05) is 6.92 Å². The fourth-order valence-electron chi connectivity index (χ4n) is 1.98. The fourth-order valence-corrected chi connectivity index (χ4v) is 2.29. The van der Waals surface area contributed by atoms with Crippen molar-refractivity contribution in [1.82, 2.24) is 0 Å². The Bertz CT molecular complexity index is 232. The molecule has 0 amide bonds. The van der Waals surface area contributed by atoms with Gasteiger partial charge in [-0.3, -0.25) is 4.79 Å². The van der Waals surface area contributed by atoms with E-state index < -0.39 is 5.60 Å². The second-order valence-corrected chi connectivity index (χ2v) is 6.14. The first kappa shape index (κ1) is 12.8. The van der Waals surface area contributed by atoms with Crippen molar-refractivity contribution in [2.24, 2.45) is 11.8 Å². The summed E-state index contributed by atoms with van der Waals surface area (Å²) in [5, 5.41) is 0.138. The van der Waals surface area contributed by atoms with Crippen molar-refractivity contribution in [2.75, 3.05) is 0 Å². The Kier molecular flexibility index (Phi) is 4.05. The van der Waals surface area contributed by atoms with Crippen molar-refractivity contribution < 1.29 is 9.53 Å². The summed E-state index contributed by atoms with van der Waals surface area (Å²) in [5.74, 6) is 0.302. The molecule has 88 valence electrons. The number of carbonyl (C=O) groups excluding carboxylic acids is 1. The molecule has 15 heavy (non-hydrogen) atoms. The Morgan fingerprint density at radius 3 is 2.47 bits per heavy atom. The molecule has 0 bridgehead atoms. The van der Waals surface area contributed by atoms with Crippen LogP contribution in [0.25, 0.3) is 0 Å². The lowest BCUT2D eigenvalue weighted by Gasteiger charge is -2.32. The number of ether oxygens (including phenoxy) is 1. The molecule has 1 aliphatic rings. The molecule has 0 aromatic carbocycles. The first-order valence-electron chi connectivity index (χ1n) is 5.66. The number of esters is 1. The Hall–Kier alpha value is -0.240. The van der Waals surface area contributed by atoms with E-state index in [-0.39, 0.29) is 17.3 Å². The maximum absolute atomic E-state index is 11.9. The van der Waals surface area contributed by atoms with E-state index in [9.17, 15) is 4.79 Å². The van der Waals surface area contributed by atoms with Crippen LogP contribution in [0.3, 0.4) is 0 Å². The first-order chi connectivity index (χ1) is 6.79. The topological polar surface area (TPSA) is 26.3 Å². The Morgan fingerprint density at radius 1 is 1.33 bits per heavy atom. The molecule has 3 atom stereocenters. The highest BCUT2D eigenvalue weighted by molar-refractivity contribution is 6.20. The van der Waals surface area contributed by atoms with E-state index in [0.717, 1.165) is 19.3 Å². The van der Waals surface area contributed by atoms with E-state index in [1.807, 2.05) is 20.8 Å². The van der Waals surface area contributed by atoms with Gasteiger partial charge in [-0.05, 0) is 46.0 Å². The predicted molar refractivity (Wildman–Crippen MR) is 62.0 cm³/mol. The van der Waals surface area contributed by atoms with Crippen molar-refractivity contribution in [2.45, 2.75) is 57.9 Å². The van der Waals surface area contributed by atoms with Gasteiger partial charge in [0.15, 0.2) is 0 Å². The van der Waals surface area contributed by atoms with E-state index in [1.165, 1.54) is 0 Å². The third-order valence-electron chi connectivity index (χ3n) is 2.84. The Balaban J connectivity index is 2.57. The largest absolute Gasteiger partial charge is 0.460 e. The smallest absolute Gasteiger partial charge is 0.309 e. The lowest BCUT2D eigenvalue weighted by molar-refractivity contribution is -0.162. The molecule has 1 saturated carbocycles. The number of hydrogen-bond acceptors (Lipinski definition) is 2. The van der Waals surface area contributed by atoms with E-state index in [0.29, 0.717) is 5.92 Å². The number of carbonyl (C=O) groups is 1. The van der Waals surface area contributed by atoms with Gasteiger partial charge in [0.2, 0.25) is 0 Å². The van der Waals surface area contributed by atoms with Crippen LogP contribution in [0.1, 0.15) is 47.0 Å². The summed E-state index contributed by atoms with van der Waals surface area (Å²) in [4.78, 5) is 11.9. The molecule has 0 heterocycles. The molecular weight excluding hydrogens is 212 g/mol. The van der Waals surface area contributed by atoms with Crippen molar-refractivity contribution in [3.63, 3.8) is 0 Å². The van der Waals surface area contributed by atoms with E-state index in [2.05, 4.69) is 6.92 Å². The minimum absolute atomic E-state index is 0.0134. The van der Waals surface area contributed by atoms with Crippen LogP contribution in [0, 0.1) is 11.8 Å². The van der Waals surface area contributed by atoms with Gasteiger partial charge in [-0.2, -0.15) is 0 Å². The van der Waals surface area contributed by atoms with Gasteiger partial charge in [0.05, 0.1) is 5.92 Å². The lowest BCUT2D eigenvalue weighted by atomic mass is 9.80. The quantitative estimate of drug-likeness (QED) is 0.512. The molecule has 0 saturated heterocycles. The summed E-state index contributed by atoms with van der Waals surface area (Å²) >= 11 is 6.08. The molecule has 2 nitrogen and oxygen atoms in total. The van der Waals surface area contributed by atoms with Crippen molar-refractivity contribution >= 4 is 17.6 Å². The molecule has 0 N–H and O–H groups in total. The first-order valence-corrected chi connectivity index (χ1v) is 6.10. The molecule has 1 rings (SSSR count). The minimum Gasteiger partial charge on any atom is -0.460 e. The van der Waals surface area contributed by atoms with Gasteiger partial charge >= 0.3 is 5.97 Å². The van der Waals surface area contributed by atoms with Crippen molar-refractivity contribution in [3.05, 3.63) is 0 Å². The molecule has 3 unspecified atom stereocenters. The maximum atomic E-state index is 11.9. The van der Waals surface area contributed by atoms with Crippen LogP contribution < -0.4 is 0 Å². The SMILES string of the molecule is CC1CCC(Cl)CC1C(=O)OC(C)(C)C. The summed E-state index contributed by atoms with van der Waals surface area (Å²) in [6.45, 7) is 7.81. The molecule has 0 aromatic heterocycles. The maximum Gasteiger partial charge on any atom is 0.309 e. The molecule has 1 fully saturated rings. The Morgan fingerprint density at radius 2 is 1.93 bits per heavy atom. The summed E-state index contributed by atoms with van der Waals surface area (Å²) in [6, 6.07) is 0. The van der Waals surface area contributed by atoms with Crippen molar-refractivity contribution in [1.29, 1.82) is 0 Å². The van der Waals surface area contributed by atoms with Crippen LogP contribution in [0.5, 0.6) is 0 Å². The second-order valence-electron chi connectivity index (χ2n) is 5.53. The Labute approximate surface area is 97.3 Å². The zero-order chi connectivity index (χ0) is 11.6. The van der Waals surface area contributed by atoms with Crippen LogP contribution in [0.4, 0.5) is 0 Å². The van der Waals surface area contributed by atoms with Crippen LogP contribution in [0.15, 0.2) is 0 Å². The molecule has 0 radical (unpaired) electrons. The van der Waals surface area contributed by atoms with E-state index in [1.54, 1.807) is 0 Å². The molecule has 0 aliphatic heterocycles. The summed E-state index contributed by atoms with van der Waals surface area (Å²) in [5.41, 5.74) is -0.393. The average Bonchev–Trinajstić information content (AvgIpc) is 2.06. The highest BCUT2D eigenvalue weighted by atomic mass is 35.5. The zero-order valence-corrected chi connectivity index (χ0v) is 10.8. The highest BCUT2D eigenvalue weighted by Crippen LogP contribution is 2.34. The molecule has 0 aromatic rings. The zero-order valence-electron chi connectivity index (χ0n) is 10.0. The van der Waals surface area contributed by atoms with Gasteiger partial charge in [0.1, 0.15) is 5.60 Å². The van der Waals surface area contributed by atoms with Crippen LogP contribution in [-0.2, 0) is 9.53 Å². The van der Waals surface area contributed by atoms with Gasteiger partial charge < -0.3 is 4.74 Å². The summed E-state index contributed by atoms with van der Waals surface area (Å²) < 4.78 is 5.40. The monoisotopic (exact) mass is 232 g/mol. The van der Waals surface area contributed by atoms with Crippen LogP contribution in [-0.4, -0.2) is 16.9 Å². The number of alkyl halides is 1. The normalized spacial score (nSPS) is 32.5. The van der Waals surface area contributed by atoms with Crippen LogP contribution in [0.2, 0.25) is 0 Å². The number of rotatable bonds is 1. The van der Waals surface area contributed by atoms with Crippen molar-refractivity contribution in [3.8, 4) is 0 Å². The lowest BCUT2D eigenvalue weighted by Crippen LogP contribution is -2.35. The minimum atomic E-state index is -0.393. The summed E-state index contributed by atoms with van der Waals surface area (Å²) in [6.07, 6.45) is 2.80. The van der Waals surface area contributed by atoms with Gasteiger partial charge in [-0.15, -0.1) is 11.6 Å². The molecular formula is C12H21ClO2. The molecule has 1 aliphatic carbocycles. The average molecular weight is 233 g/mol.